The minimum Gasteiger partial charge on any atom is -0.578 e. The number of nitrogens with one attached hydrogen (secondary N) is 2. The van der Waals surface area contributed by atoms with Crippen molar-refractivity contribution < 1.29 is 10.2 Å². The topological polar surface area (TPSA) is 108 Å². The summed E-state index contributed by atoms with van der Waals surface area (Å²) in [5, 5.41) is 31.1. The highest BCUT2D eigenvalue weighted by atomic mass is 16.3. The summed E-state index contributed by atoms with van der Waals surface area (Å²) in [7, 11) is 0. The maximum Gasteiger partial charge on any atom is 0.369 e. The van der Waals surface area contributed by atoms with E-state index in [0.29, 0.717) is 17.5 Å². The first-order valence-corrected chi connectivity index (χ1v) is 11.8. The maximum absolute atomic E-state index is 10.2. The number of aliphatic hydroxyl groups is 1. The number of anilines is 1. The lowest BCUT2D eigenvalue weighted by molar-refractivity contribution is 0.0676. The van der Waals surface area contributed by atoms with Crippen molar-refractivity contribution in [3.63, 3.8) is 0 Å². The van der Waals surface area contributed by atoms with Crippen LogP contribution in [0.1, 0.15) is 56.6 Å². The number of hydrogen-bond acceptors (Lipinski definition) is 5. The summed E-state index contributed by atoms with van der Waals surface area (Å²) in [6.45, 7) is 6.26. The fourth-order valence-electron chi connectivity index (χ4n) is 4.97. The third kappa shape index (κ3) is 5.27. The molecule has 5 N–H and O–H groups in total. The highest BCUT2D eigenvalue weighted by molar-refractivity contribution is 6.05. The molecule has 2 fully saturated rings. The standard InChI is InChI=1S/C25H35N5O2/c1-16-7-8-22-19(13-16)14-21(25(32)28-17(2)26)24(29-22)30-11-9-20(10-12-30)27-15-18-5-3-4-6-23(18)31/h7-8,13-14,18,20,23,27,31H,3-6,9-12,15H2,1-2H3,(H2,26,28,32)/p+1. The molecule has 2 unspecified atom stereocenters. The number of aliphatic imine (C=N–C) groups is 1. The first-order chi connectivity index (χ1) is 15.4. The van der Waals surface area contributed by atoms with E-state index in [2.05, 4.69) is 34.3 Å². The fraction of sp³-hybridized carbons (Fsp3) is 0.560. The quantitative estimate of drug-likeness (QED) is 0.379. The van der Waals surface area contributed by atoms with Gasteiger partial charge in [-0.3, -0.25) is 5.41 Å². The average Bonchev–Trinajstić information content (AvgIpc) is 2.77. The number of rotatable bonds is 5. The van der Waals surface area contributed by atoms with Gasteiger partial charge in [-0.05, 0) is 63.6 Å². The Balaban J connectivity index is 1.49. The highest BCUT2D eigenvalue weighted by Gasteiger charge is 2.28. The van der Waals surface area contributed by atoms with Gasteiger partial charge in [-0.2, -0.15) is 4.99 Å². The molecular weight excluding hydrogens is 402 g/mol. The Kier molecular flexibility index (Phi) is 7.06. The van der Waals surface area contributed by atoms with Crippen LogP contribution in [0.5, 0.6) is 0 Å². The van der Waals surface area contributed by atoms with Gasteiger partial charge in [0.05, 0.1) is 11.6 Å². The molecule has 1 aliphatic carbocycles. The average molecular weight is 439 g/mol. The molecule has 1 aromatic carbocycles. The monoisotopic (exact) mass is 438 g/mol. The van der Waals surface area contributed by atoms with Crippen molar-refractivity contribution in [2.24, 2.45) is 10.9 Å². The largest absolute Gasteiger partial charge is 0.578 e. The molecule has 7 nitrogen and oxygen atoms in total. The summed E-state index contributed by atoms with van der Waals surface area (Å²) >= 11 is 0. The predicted octanol–water partition coefficient (Wildman–Crippen LogP) is 3.12. The summed E-state index contributed by atoms with van der Waals surface area (Å²) in [5.74, 6) is 1.39. The number of pyridine rings is 1. The molecule has 2 aliphatic rings. The van der Waals surface area contributed by atoms with Gasteiger partial charge in [-0.1, -0.05) is 24.5 Å². The Morgan fingerprint density at radius 2 is 1.97 bits per heavy atom. The summed E-state index contributed by atoms with van der Waals surface area (Å²) in [6.07, 6.45) is 6.28. The summed E-state index contributed by atoms with van der Waals surface area (Å²) in [5.41, 5.74) is 2.76. The van der Waals surface area contributed by atoms with Gasteiger partial charge < -0.3 is 20.4 Å². The highest BCUT2D eigenvalue weighted by Crippen LogP contribution is 2.28. The van der Waals surface area contributed by atoms with Crippen molar-refractivity contribution in [2.45, 2.75) is 64.5 Å². The second-order valence-corrected chi connectivity index (χ2v) is 9.38. The van der Waals surface area contributed by atoms with Crippen LogP contribution in [0.3, 0.4) is 0 Å². The molecule has 0 bridgehead atoms. The number of nitrogens with zero attached hydrogens (tertiary/aromatic N) is 3. The number of aromatic nitrogens is 1. The Labute approximate surface area is 190 Å². The van der Waals surface area contributed by atoms with Gasteiger partial charge in [-0.15, -0.1) is 0 Å². The number of benzene rings is 1. The molecule has 2 atom stereocenters. The van der Waals surface area contributed by atoms with Crippen LogP contribution in [0.2, 0.25) is 0 Å². The Bertz CT molecular complexity index is 997. The van der Waals surface area contributed by atoms with E-state index in [1.165, 1.54) is 6.42 Å². The molecule has 4 rings (SSSR count). The molecule has 2 aromatic rings. The number of piperidine rings is 1. The molecule has 1 saturated heterocycles. The summed E-state index contributed by atoms with van der Waals surface area (Å²) in [6, 6.07) is 8.61. The predicted molar refractivity (Wildman–Crippen MR) is 131 cm³/mol. The molecule has 0 spiro atoms. The van der Waals surface area contributed by atoms with Crippen LogP contribution in [0, 0.1) is 18.3 Å². The van der Waals surface area contributed by atoms with Gasteiger partial charge in [0.25, 0.3) is 0 Å². The molecule has 1 aromatic heterocycles. The van der Waals surface area contributed by atoms with E-state index in [4.69, 9.17) is 15.5 Å². The first-order valence-electron chi connectivity index (χ1n) is 11.8. The molecule has 2 heterocycles. The van der Waals surface area contributed by atoms with Gasteiger partial charge in [0.1, 0.15) is 17.2 Å². The SMILES string of the molecule is CC(=N)N=C([OH2+])c1cc2cc(C)ccc2nc1N1CCC(NCC2CCCCC2O)CC1. The smallest absolute Gasteiger partial charge is 0.369 e. The van der Waals surface area contributed by atoms with Crippen molar-refractivity contribution in [1.29, 1.82) is 5.41 Å². The Hall–Kier alpha value is -2.51. The number of aryl methyl sites for hydroxylation is 1. The van der Waals surface area contributed by atoms with Crippen LogP contribution in [-0.4, -0.2) is 58.7 Å². The third-order valence-electron chi connectivity index (χ3n) is 6.82. The minimum atomic E-state index is -0.156. The third-order valence-corrected chi connectivity index (χ3v) is 6.82. The number of aliphatic hydroxyl groups excluding tert-OH is 1. The van der Waals surface area contributed by atoms with E-state index in [9.17, 15) is 5.11 Å². The molecule has 1 aliphatic heterocycles. The van der Waals surface area contributed by atoms with E-state index >= 15 is 0 Å². The maximum atomic E-state index is 10.2. The van der Waals surface area contributed by atoms with Crippen molar-refractivity contribution >= 4 is 28.5 Å². The van der Waals surface area contributed by atoms with E-state index in [1.54, 1.807) is 6.92 Å². The molecule has 0 amide bonds. The van der Waals surface area contributed by atoms with E-state index in [1.807, 2.05) is 12.1 Å². The zero-order chi connectivity index (χ0) is 22.7. The lowest BCUT2D eigenvalue weighted by atomic mass is 9.86. The van der Waals surface area contributed by atoms with E-state index in [0.717, 1.165) is 74.0 Å². The van der Waals surface area contributed by atoms with Gasteiger partial charge in [0, 0.05) is 31.1 Å². The van der Waals surface area contributed by atoms with Crippen LogP contribution < -0.4 is 10.2 Å². The van der Waals surface area contributed by atoms with E-state index in [-0.39, 0.29) is 17.8 Å². The van der Waals surface area contributed by atoms with Crippen LogP contribution in [0.15, 0.2) is 29.3 Å². The normalized spacial score (nSPS) is 23.0. The van der Waals surface area contributed by atoms with Gasteiger partial charge in [0.2, 0.25) is 0 Å². The van der Waals surface area contributed by atoms with Crippen LogP contribution in [0.25, 0.3) is 10.9 Å². The molecule has 0 radical (unpaired) electrons. The second kappa shape index (κ2) is 9.96. The summed E-state index contributed by atoms with van der Waals surface area (Å²) in [4.78, 5) is 11.3. The van der Waals surface area contributed by atoms with E-state index < -0.39 is 0 Å². The van der Waals surface area contributed by atoms with Crippen LogP contribution >= 0.6 is 0 Å². The zero-order valence-electron chi connectivity index (χ0n) is 19.2. The zero-order valence-corrected chi connectivity index (χ0v) is 19.2. The Morgan fingerprint density at radius 3 is 2.69 bits per heavy atom. The minimum absolute atomic E-state index is 0.0925. The number of hydrogen-bond donors (Lipinski definition) is 3. The summed E-state index contributed by atoms with van der Waals surface area (Å²) < 4.78 is 0. The van der Waals surface area contributed by atoms with Gasteiger partial charge in [-0.25, -0.2) is 4.98 Å². The van der Waals surface area contributed by atoms with Crippen molar-refractivity contribution in [1.82, 2.24) is 10.3 Å². The Morgan fingerprint density at radius 1 is 1.22 bits per heavy atom. The molecular formula is C25H36N5O2+. The van der Waals surface area contributed by atoms with Gasteiger partial charge >= 0.3 is 5.90 Å². The van der Waals surface area contributed by atoms with Crippen LogP contribution in [-0.2, 0) is 0 Å². The molecule has 1 saturated carbocycles. The first kappa shape index (κ1) is 22.7. The number of fused-ring (bicyclic) bond motifs is 1. The lowest BCUT2D eigenvalue weighted by Crippen LogP contribution is -2.46. The lowest BCUT2D eigenvalue weighted by Gasteiger charge is -2.35. The molecule has 172 valence electrons. The van der Waals surface area contributed by atoms with Gasteiger partial charge in [0.15, 0.2) is 0 Å². The fourth-order valence-corrected chi connectivity index (χ4v) is 4.97. The molecule has 32 heavy (non-hydrogen) atoms. The number of amidine groups is 1. The van der Waals surface area contributed by atoms with Crippen molar-refractivity contribution in [3.8, 4) is 0 Å². The van der Waals surface area contributed by atoms with Crippen LogP contribution in [0.4, 0.5) is 5.82 Å². The second-order valence-electron chi connectivity index (χ2n) is 9.38. The molecule has 7 heteroatoms. The van der Waals surface area contributed by atoms with Crippen molar-refractivity contribution in [2.75, 3.05) is 24.5 Å². The van der Waals surface area contributed by atoms with Crippen molar-refractivity contribution in [3.05, 3.63) is 35.4 Å².